The zero-order valence-electron chi connectivity index (χ0n) is 11.7. The highest BCUT2D eigenvalue weighted by molar-refractivity contribution is 7.80. The van der Waals surface area contributed by atoms with Crippen LogP contribution < -0.4 is 10.6 Å². The van der Waals surface area contributed by atoms with Gasteiger partial charge >= 0.3 is 0 Å². The highest BCUT2D eigenvalue weighted by atomic mass is 32.1. The summed E-state index contributed by atoms with van der Waals surface area (Å²) in [7, 11) is 0. The lowest BCUT2D eigenvalue weighted by Crippen LogP contribution is -2.48. The zero-order chi connectivity index (χ0) is 14.0. The molecule has 2 atom stereocenters. The lowest BCUT2D eigenvalue weighted by Gasteiger charge is -2.19. The Morgan fingerprint density at radius 3 is 2.39 bits per heavy atom. The zero-order valence-corrected chi connectivity index (χ0v) is 12.6. The molecule has 18 heavy (non-hydrogen) atoms. The van der Waals surface area contributed by atoms with Gasteiger partial charge in [0, 0.05) is 19.2 Å². The van der Waals surface area contributed by atoms with Gasteiger partial charge in [-0.15, -0.1) is 0 Å². The molecule has 0 aromatic heterocycles. The van der Waals surface area contributed by atoms with Gasteiger partial charge < -0.3 is 10.6 Å². The molecule has 0 saturated heterocycles. The maximum atomic E-state index is 11.8. The molecule has 0 radical (unpaired) electrons. The van der Waals surface area contributed by atoms with Gasteiger partial charge in [-0.1, -0.05) is 33.1 Å². The van der Waals surface area contributed by atoms with Crippen molar-refractivity contribution < 1.29 is 9.59 Å². The summed E-state index contributed by atoms with van der Waals surface area (Å²) in [6.07, 6.45) is 4.57. The van der Waals surface area contributed by atoms with Crippen LogP contribution in [0.1, 0.15) is 46.5 Å². The summed E-state index contributed by atoms with van der Waals surface area (Å²) < 4.78 is 0. The average molecular weight is 274 g/mol. The summed E-state index contributed by atoms with van der Waals surface area (Å²) in [6.45, 7) is 6.38. The Hall–Kier alpha value is -0.710. The smallest absolute Gasteiger partial charge is 0.243 e. The number of carbonyl (C=O) groups is 2. The fraction of sp³-hybridized carbons (Fsp3) is 0.846. The van der Waals surface area contributed by atoms with Crippen LogP contribution in [0.3, 0.4) is 0 Å². The van der Waals surface area contributed by atoms with Gasteiger partial charge in [-0.2, -0.15) is 12.6 Å². The number of hydrogen-bond donors (Lipinski definition) is 3. The van der Waals surface area contributed by atoms with Crippen LogP contribution >= 0.6 is 12.6 Å². The number of unbranched alkanes of at least 4 members (excludes halogenated alkanes) is 1. The Morgan fingerprint density at radius 1 is 1.28 bits per heavy atom. The fourth-order valence-corrected chi connectivity index (χ4v) is 2.01. The Morgan fingerprint density at radius 2 is 1.94 bits per heavy atom. The van der Waals surface area contributed by atoms with Crippen LogP contribution in [0.25, 0.3) is 0 Å². The Balaban J connectivity index is 4.07. The highest BCUT2D eigenvalue weighted by Gasteiger charge is 2.18. The van der Waals surface area contributed by atoms with E-state index in [1.54, 1.807) is 0 Å². The molecule has 0 saturated carbocycles. The molecule has 106 valence electrons. The topological polar surface area (TPSA) is 58.2 Å². The van der Waals surface area contributed by atoms with Crippen molar-refractivity contribution in [1.82, 2.24) is 10.6 Å². The minimum atomic E-state index is -0.533. The molecular weight excluding hydrogens is 248 g/mol. The molecule has 0 bridgehead atoms. The number of hydrogen-bond acceptors (Lipinski definition) is 3. The molecule has 0 heterocycles. The minimum absolute atomic E-state index is 0.143. The first-order valence-corrected chi connectivity index (χ1v) is 7.34. The van der Waals surface area contributed by atoms with E-state index in [0.29, 0.717) is 18.2 Å². The Kier molecular flexibility index (Phi) is 9.83. The molecule has 0 spiro atoms. The standard InChI is InChI=1S/C13H26N2O2S/c1-4-6-7-11(5-2)8-14-13(17)12(9-18)15-10(3)16/h11-12,18H,4-9H2,1-3H3,(H,14,17)(H,15,16). The summed E-state index contributed by atoms with van der Waals surface area (Å²) >= 11 is 4.08. The monoisotopic (exact) mass is 274 g/mol. The summed E-state index contributed by atoms with van der Waals surface area (Å²) in [5.41, 5.74) is 0. The van der Waals surface area contributed by atoms with E-state index in [1.807, 2.05) is 0 Å². The van der Waals surface area contributed by atoms with Crippen LogP contribution in [0, 0.1) is 5.92 Å². The van der Waals surface area contributed by atoms with Gasteiger partial charge in [0.2, 0.25) is 11.8 Å². The normalized spacial score (nSPS) is 13.8. The van der Waals surface area contributed by atoms with Crippen LogP contribution in [-0.2, 0) is 9.59 Å². The molecule has 4 nitrogen and oxygen atoms in total. The van der Waals surface area contributed by atoms with E-state index in [-0.39, 0.29) is 11.8 Å². The lowest BCUT2D eigenvalue weighted by molar-refractivity contribution is -0.127. The van der Waals surface area contributed by atoms with Gasteiger partial charge in [0.05, 0.1) is 0 Å². The molecule has 0 fully saturated rings. The van der Waals surface area contributed by atoms with Crippen molar-refractivity contribution in [2.75, 3.05) is 12.3 Å². The number of rotatable bonds is 9. The first kappa shape index (κ1) is 17.3. The van der Waals surface area contributed by atoms with E-state index >= 15 is 0 Å². The number of thiol groups is 1. The van der Waals surface area contributed by atoms with Gasteiger partial charge in [0.1, 0.15) is 6.04 Å². The van der Waals surface area contributed by atoms with Crippen LogP contribution in [0.5, 0.6) is 0 Å². The summed E-state index contributed by atoms with van der Waals surface area (Å²) in [5.74, 6) is 0.487. The number of nitrogens with one attached hydrogen (secondary N) is 2. The fourth-order valence-electron chi connectivity index (χ4n) is 1.75. The number of amides is 2. The van der Waals surface area contributed by atoms with Gasteiger partial charge in [0.15, 0.2) is 0 Å². The Labute approximate surface area is 116 Å². The van der Waals surface area contributed by atoms with E-state index in [0.717, 1.165) is 12.8 Å². The van der Waals surface area contributed by atoms with Crippen LogP contribution in [-0.4, -0.2) is 30.2 Å². The van der Waals surface area contributed by atoms with E-state index in [2.05, 4.69) is 37.1 Å². The molecule has 0 aromatic rings. The highest BCUT2D eigenvalue weighted by Crippen LogP contribution is 2.11. The minimum Gasteiger partial charge on any atom is -0.354 e. The van der Waals surface area contributed by atoms with E-state index in [4.69, 9.17) is 0 Å². The van der Waals surface area contributed by atoms with Crippen molar-refractivity contribution in [2.24, 2.45) is 5.92 Å². The van der Waals surface area contributed by atoms with Crippen LogP contribution in [0.2, 0.25) is 0 Å². The molecule has 2 N–H and O–H groups in total. The van der Waals surface area contributed by atoms with Crippen molar-refractivity contribution in [1.29, 1.82) is 0 Å². The predicted octanol–water partition coefficient (Wildman–Crippen LogP) is 1.75. The molecule has 0 aliphatic heterocycles. The molecule has 2 amide bonds. The quantitative estimate of drug-likeness (QED) is 0.561. The third-order valence-corrected chi connectivity index (χ3v) is 3.35. The predicted molar refractivity (Wildman–Crippen MR) is 77.8 cm³/mol. The maximum absolute atomic E-state index is 11.8. The maximum Gasteiger partial charge on any atom is 0.243 e. The second-order valence-electron chi connectivity index (χ2n) is 4.60. The third kappa shape index (κ3) is 7.58. The van der Waals surface area contributed by atoms with Gasteiger partial charge in [-0.3, -0.25) is 9.59 Å². The summed E-state index contributed by atoms with van der Waals surface area (Å²) in [5, 5.41) is 5.48. The summed E-state index contributed by atoms with van der Waals surface area (Å²) in [6, 6.07) is -0.533. The van der Waals surface area contributed by atoms with E-state index < -0.39 is 6.04 Å². The van der Waals surface area contributed by atoms with Crippen LogP contribution in [0.4, 0.5) is 0 Å². The third-order valence-electron chi connectivity index (χ3n) is 2.98. The summed E-state index contributed by atoms with van der Waals surface area (Å²) in [4.78, 5) is 22.8. The molecule has 2 unspecified atom stereocenters. The van der Waals surface area contributed by atoms with Crippen molar-refractivity contribution in [3.05, 3.63) is 0 Å². The van der Waals surface area contributed by atoms with Gasteiger partial charge in [-0.25, -0.2) is 0 Å². The number of carbonyl (C=O) groups excluding carboxylic acids is 2. The van der Waals surface area contributed by atoms with Gasteiger partial charge in [0.25, 0.3) is 0 Å². The first-order valence-electron chi connectivity index (χ1n) is 6.70. The van der Waals surface area contributed by atoms with E-state index in [1.165, 1.54) is 19.8 Å². The van der Waals surface area contributed by atoms with Crippen molar-refractivity contribution >= 4 is 24.4 Å². The second-order valence-corrected chi connectivity index (χ2v) is 4.96. The van der Waals surface area contributed by atoms with E-state index in [9.17, 15) is 9.59 Å². The SMILES string of the molecule is CCCCC(CC)CNC(=O)C(CS)NC(C)=O. The average Bonchev–Trinajstić information content (AvgIpc) is 2.35. The molecule has 0 aromatic carbocycles. The second kappa shape index (κ2) is 10.2. The molecular formula is C13H26N2O2S. The van der Waals surface area contributed by atoms with Crippen molar-refractivity contribution in [3.63, 3.8) is 0 Å². The molecule has 0 aliphatic rings. The largest absolute Gasteiger partial charge is 0.354 e. The van der Waals surface area contributed by atoms with Crippen molar-refractivity contribution in [2.45, 2.75) is 52.5 Å². The molecule has 5 heteroatoms. The first-order chi connectivity index (χ1) is 8.54. The molecule has 0 rings (SSSR count). The lowest BCUT2D eigenvalue weighted by atomic mass is 9.99. The van der Waals surface area contributed by atoms with Gasteiger partial charge in [-0.05, 0) is 12.3 Å². The Bertz CT molecular complexity index is 259. The van der Waals surface area contributed by atoms with Crippen molar-refractivity contribution in [3.8, 4) is 0 Å². The van der Waals surface area contributed by atoms with Crippen LogP contribution in [0.15, 0.2) is 0 Å². The molecule has 0 aliphatic carbocycles.